The molecule has 0 aromatic carbocycles. The minimum atomic E-state index is -3.88. The number of aryl methyl sites for hydroxylation is 1. The lowest BCUT2D eigenvalue weighted by atomic mass is 10.6. The summed E-state index contributed by atoms with van der Waals surface area (Å²) in [5, 5.41) is 0. The quantitative estimate of drug-likeness (QED) is 0.520. The highest BCUT2D eigenvalue weighted by Crippen LogP contribution is 2.17. The summed E-state index contributed by atoms with van der Waals surface area (Å²) in [4.78, 5) is 3.72. The molecule has 0 amide bonds. The van der Waals surface area contributed by atoms with Gasteiger partial charge in [-0.25, -0.2) is 0 Å². The van der Waals surface area contributed by atoms with Crippen molar-refractivity contribution in [1.82, 2.24) is 9.71 Å². The Hall–Kier alpha value is -1.24. The molecule has 1 aromatic rings. The van der Waals surface area contributed by atoms with E-state index in [0.717, 1.165) is 4.73 Å². The van der Waals surface area contributed by atoms with Gasteiger partial charge < -0.3 is 4.18 Å². The van der Waals surface area contributed by atoms with E-state index in [0.29, 0.717) is 5.69 Å². The molecule has 0 saturated heterocycles. The molecule has 0 fully saturated rings. The number of imidazole rings is 1. The van der Waals surface area contributed by atoms with Gasteiger partial charge in [-0.1, -0.05) is 0 Å². The maximum absolute atomic E-state index is 10.6. The van der Waals surface area contributed by atoms with Gasteiger partial charge in [-0.15, -0.1) is 13.1 Å². The highest BCUT2D eigenvalue weighted by Gasteiger charge is 2.29. The van der Waals surface area contributed by atoms with Gasteiger partial charge in [-0.05, 0) is 6.92 Å². The number of hydrogen-bond donors (Lipinski definition) is 0. The first-order valence-corrected chi connectivity index (χ1v) is 4.10. The van der Waals surface area contributed by atoms with E-state index in [-0.39, 0.29) is 6.01 Å². The molecule has 60 valence electrons. The zero-order chi connectivity index (χ0) is 8.06. The van der Waals surface area contributed by atoms with Gasteiger partial charge >= 0.3 is 16.4 Å². The molecule has 0 radical (unpaired) electrons. The first-order chi connectivity index (χ1) is 5.07. The van der Waals surface area contributed by atoms with Crippen LogP contribution in [-0.2, 0) is 10.4 Å². The lowest BCUT2D eigenvalue weighted by Crippen LogP contribution is -2.13. The zero-order valence-electron chi connectivity index (χ0n) is 5.51. The lowest BCUT2D eigenvalue weighted by molar-refractivity contribution is 0.299. The molecule has 2 heterocycles. The van der Waals surface area contributed by atoms with Crippen LogP contribution < -0.4 is 8.47 Å². The summed E-state index contributed by atoms with van der Waals surface area (Å²) in [5.74, 6) is 0. The van der Waals surface area contributed by atoms with Gasteiger partial charge in [0.2, 0.25) is 0 Å². The van der Waals surface area contributed by atoms with Gasteiger partial charge in [0.1, 0.15) is 0 Å². The monoisotopic (exact) mass is 176 g/mol. The van der Waals surface area contributed by atoms with E-state index >= 15 is 0 Å². The third-order valence-electron chi connectivity index (χ3n) is 1.11. The van der Waals surface area contributed by atoms with Crippen LogP contribution in [0.3, 0.4) is 0 Å². The molecule has 6 nitrogen and oxygen atoms in total. The second-order valence-corrected chi connectivity index (χ2v) is 3.19. The fraction of sp³-hybridized carbons (Fsp3) is 0.250. The van der Waals surface area contributed by atoms with Crippen LogP contribution in [-0.4, -0.2) is 18.1 Å². The summed E-state index contributed by atoms with van der Waals surface area (Å²) in [6.45, 7) is 1.70. The average Bonchev–Trinajstić information content (AvgIpc) is 2.17. The van der Waals surface area contributed by atoms with Crippen LogP contribution in [0.4, 0.5) is 0 Å². The maximum Gasteiger partial charge on any atom is 0.523 e. The van der Waals surface area contributed by atoms with E-state index in [1.165, 1.54) is 6.20 Å². The Kier molecular flexibility index (Phi) is 0.984. The molecule has 11 heavy (non-hydrogen) atoms. The van der Waals surface area contributed by atoms with Crippen molar-refractivity contribution < 1.29 is 16.9 Å². The zero-order valence-corrected chi connectivity index (χ0v) is 6.33. The Morgan fingerprint density at radius 2 is 2.36 bits per heavy atom. The Bertz CT molecular complexity index is 363. The normalized spacial score (nSPS) is 18.6. The molecule has 0 spiro atoms. The van der Waals surface area contributed by atoms with Crippen molar-refractivity contribution in [2.45, 2.75) is 6.92 Å². The molecule has 0 aliphatic carbocycles. The Labute approximate surface area is 62.7 Å². The molecule has 0 atom stereocenters. The standard InChI is InChI=1S/C4H4N2O4S/c1-3-2-6-4(5-3)9-11(7,8)10-6/h2H,1H3. The fourth-order valence-corrected chi connectivity index (χ4v) is 1.39. The molecule has 0 bridgehead atoms. The third-order valence-corrected chi connectivity index (χ3v) is 1.81. The van der Waals surface area contributed by atoms with Gasteiger partial charge in [0.25, 0.3) is 0 Å². The number of rotatable bonds is 0. The van der Waals surface area contributed by atoms with Crippen LogP contribution >= 0.6 is 0 Å². The van der Waals surface area contributed by atoms with E-state index in [9.17, 15) is 8.42 Å². The molecule has 1 aliphatic heterocycles. The molecule has 0 unspecified atom stereocenters. The summed E-state index contributed by atoms with van der Waals surface area (Å²) in [7, 11) is -3.88. The van der Waals surface area contributed by atoms with Crippen molar-refractivity contribution >= 4 is 10.4 Å². The first kappa shape index (κ1) is 6.47. The fourth-order valence-electron chi connectivity index (χ4n) is 0.768. The predicted octanol–water partition coefficient (Wildman–Crippen LogP) is -0.743. The van der Waals surface area contributed by atoms with E-state index in [2.05, 4.69) is 13.5 Å². The Morgan fingerprint density at radius 1 is 1.64 bits per heavy atom. The molecule has 7 heteroatoms. The van der Waals surface area contributed by atoms with Crippen LogP contribution in [0, 0.1) is 6.92 Å². The van der Waals surface area contributed by atoms with E-state index < -0.39 is 10.4 Å². The number of aromatic nitrogens is 2. The average molecular weight is 176 g/mol. The van der Waals surface area contributed by atoms with Crippen molar-refractivity contribution in [2.75, 3.05) is 0 Å². The van der Waals surface area contributed by atoms with Crippen molar-refractivity contribution in [3.63, 3.8) is 0 Å². The highest BCUT2D eigenvalue weighted by molar-refractivity contribution is 7.82. The van der Waals surface area contributed by atoms with Crippen molar-refractivity contribution in [1.29, 1.82) is 0 Å². The lowest BCUT2D eigenvalue weighted by Gasteiger charge is -1.88. The van der Waals surface area contributed by atoms with Gasteiger partial charge in [0.05, 0.1) is 11.9 Å². The first-order valence-electron chi connectivity index (χ1n) is 2.77. The second kappa shape index (κ2) is 1.67. The molecule has 0 saturated carbocycles. The molecular formula is C4H4N2O4S. The summed E-state index contributed by atoms with van der Waals surface area (Å²) in [6, 6.07) is -0.0532. The molecule has 0 N–H and O–H groups in total. The number of fused-ring (bicyclic) bond motifs is 1. The van der Waals surface area contributed by atoms with Gasteiger partial charge in [-0.2, -0.15) is 4.98 Å². The van der Waals surface area contributed by atoms with Crippen molar-refractivity contribution in [3.05, 3.63) is 11.9 Å². The molecule has 1 aliphatic rings. The van der Waals surface area contributed by atoms with E-state index in [4.69, 9.17) is 0 Å². The number of hydrogen-bond acceptors (Lipinski definition) is 5. The molecule has 1 aromatic heterocycles. The second-order valence-electron chi connectivity index (χ2n) is 2.06. The SMILES string of the molecule is Cc1cn2c(n1)OS(=O)(=O)O2. The van der Waals surface area contributed by atoms with Crippen LogP contribution in [0.5, 0.6) is 6.01 Å². The largest absolute Gasteiger partial charge is 0.523 e. The predicted molar refractivity (Wildman–Crippen MR) is 33.1 cm³/mol. The number of nitrogens with zero attached hydrogens (tertiary/aromatic N) is 2. The summed E-state index contributed by atoms with van der Waals surface area (Å²) >= 11 is 0. The maximum atomic E-state index is 10.6. The van der Waals surface area contributed by atoms with Crippen molar-refractivity contribution in [3.8, 4) is 6.01 Å². The Morgan fingerprint density at radius 3 is 3.00 bits per heavy atom. The summed E-state index contributed by atoms with van der Waals surface area (Å²) < 4.78 is 30.7. The molecule has 2 rings (SSSR count). The third kappa shape index (κ3) is 0.929. The van der Waals surface area contributed by atoms with Crippen LogP contribution in [0.2, 0.25) is 0 Å². The van der Waals surface area contributed by atoms with Gasteiger partial charge in [-0.3, -0.25) is 4.28 Å². The highest BCUT2D eigenvalue weighted by atomic mass is 32.3. The Balaban J connectivity index is 2.53. The summed E-state index contributed by atoms with van der Waals surface area (Å²) in [5.41, 5.74) is 0.634. The minimum absolute atomic E-state index is 0.0532. The molecular weight excluding hydrogens is 172 g/mol. The van der Waals surface area contributed by atoms with Crippen molar-refractivity contribution in [2.24, 2.45) is 0 Å². The topological polar surface area (TPSA) is 70.4 Å². The van der Waals surface area contributed by atoms with Crippen LogP contribution in [0.25, 0.3) is 0 Å². The minimum Gasteiger partial charge on any atom is -0.311 e. The van der Waals surface area contributed by atoms with Gasteiger partial charge in [0, 0.05) is 0 Å². The smallest absolute Gasteiger partial charge is 0.311 e. The van der Waals surface area contributed by atoms with E-state index in [1.807, 2.05) is 0 Å². The summed E-state index contributed by atoms with van der Waals surface area (Å²) in [6.07, 6.45) is 1.42. The van der Waals surface area contributed by atoms with Crippen LogP contribution in [0.15, 0.2) is 6.20 Å². The van der Waals surface area contributed by atoms with Gasteiger partial charge in [0.15, 0.2) is 0 Å². The van der Waals surface area contributed by atoms with E-state index in [1.54, 1.807) is 6.92 Å². The van der Waals surface area contributed by atoms with Crippen LogP contribution in [0.1, 0.15) is 5.69 Å².